The number of nitro groups is 1. The Bertz CT molecular complexity index is 957. The lowest BCUT2D eigenvalue weighted by atomic mass is 10.3. The largest absolute Gasteiger partial charge is 0.494 e. The topological polar surface area (TPSA) is 110 Å². The van der Waals surface area contributed by atoms with E-state index in [0.717, 1.165) is 16.8 Å². The molecule has 0 aliphatic carbocycles. The number of amides is 1. The monoisotopic (exact) mass is 372 g/mol. The maximum absolute atomic E-state index is 12.1. The Morgan fingerprint density at radius 2 is 2.19 bits per heavy atom. The Hall–Kier alpha value is -3.07. The summed E-state index contributed by atoms with van der Waals surface area (Å²) in [7, 11) is 0. The number of thioether (sulfide) groups is 1. The normalized spacial score (nSPS) is 10.7. The second kappa shape index (κ2) is 7.87. The van der Waals surface area contributed by atoms with Crippen molar-refractivity contribution in [3.8, 4) is 5.75 Å². The molecule has 2 N–H and O–H groups in total. The number of aromatic nitrogens is 2. The lowest BCUT2D eigenvalue weighted by Gasteiger charge is -2.03. The van der Waals surface area contributed by atoms with E-state index in [1.807, 2.05) is 25.1 Å². The summed E-state index contributed by atoms with van der Waals surface area (Å²) in [5.41, 5.74) is 1.93. The zero-order valence-electron chi connectivity index (χ0n) is 13.9. The molecular weight excluding hydrogens is 356 g/mol. The number of hydrogen-bond donors (Lipinski definition) is 2. The highest BCUT2D eigenvalue weighted by molar-refractivity contribution is 7.99. The van der Waals surface area contributed by atoms with Gasteiger partial charge < -0.3 is 15.0 Å². The number of nitrogens with zero attached hydrogens (tertiary/aromatic N) is 2. The number of nitro benzene ring substituents is 1. The molecule has 1 aromatic heterocycles. The van der Waals surface area contributed by atoms with Gasteiger partial charge in [0.2, 0.25) is 5.91 Å². The van der Waals surface area contributed by atoms with Crippen molar-refractivity contribution in [1.82, 2.24) is 9.97 Å². The van der Waals surface area contributed by atoms with Gasteiger partial charge in [-0.05, 0) is 25.1 Å². The van der Waals surface area contributed by atoms with Crippen LogP contribution in [0.4, 0.5) is 11.4 Å². The Balaban J connectivity index is 1.61. The first-order chi connectivity index (χ1) is 12.5. The molecule has 9 heteroatoms. The molecule has 8 nitrogen and oxygen atoms in total. The maximum Gasteiger partial charge on any atom is 0.271 e. The van der Waals surface area contributed by atoms with Crippen LogP contribution >= 0.6 is 11.8 Å². The summed E-state index contributed by atoms with van der Waals surface area (Å²) in [5, 5.41) is 14.0. The van der Waals surface area contributed by atoms with Gasteiger partial charge in [0.1, 0.15) is 5.75 Å². The van der Waals surface area contributed by atoms with Gasteiger partial charge in [-0.1, -0.05) is 17.8 Å². The zero-order chi connectivity index (χ0) is 18.5. The minimum absolute atomic E-state index is 0.0714. The lowest BCUT2D eigenvalue weighted by Crippen LogP contribution is -2.14. The molecule has 0 aliphatic rings. The number of carbonyl (C=O) groups is 1. The number of non-ortho nitro benzene ring substituents is 1. The second-order valence-corrected chi connectivity index (χ2v) is 6.26. The first kappa shape index (κ1) is 17.7. The van der Waals surface area contributed by atoms with Crippen LogP contribution in [0.2, 0.25) is 0 Å². The average molecular weight is 372 g/mol. The van der Waals surface area contributed by atoms with Crippen LogP contribution in [0.3, 0.4) is 0 Å². The molecule has 2 aromatic carbocycles. The third-order valence-corrected chi connectivity index (χ3v) is 4.30. The van der Waals surface area contributed by atoms with Crippen LogP contribution < -0.4 is 10.1 Å². The summed E-state index contributed by atoms with van der Waals surface area (Å²) < 4.78 is 5.45. The van der Waals surface area contributed by atoms with Crippen molar-refractivity contribution in [2.75, 3.05) is 17.7 Å². The number of aromatic amines is 1. The van der Waals surface area contributed by atoms with Crippen molar-refractivity contribution in [2.45, 2.75) is 12.1 Å². The second-order valence-electron chi connectivity index (χ2n) is 5.30. The van der Waals surface area contributed by atoms with Crippen molar-refractivity contribution >= 4 is 40.1 Å². The van der Waals surface area contributed by atoms with Gasteiger partial charge in [-0.3, -0.25) is 14.9 Å². The molecule has 0 spiro atoms. The van der Waals surface area contributed by atoms with Crippen molar-refractivity contribution in [3.05, 3.63) is 52.6 Å². The maximum atomic E-state index is 12.1. The Morgan fingerprint density at radius 1 is 1.35 bits per heavy atom. The summed E-state index contributed by atoms with van der Waals surface area (Å²) in [6, 6.07) is 11.4. The van der Waals surface area contributed by atoms with Gasteiger partial charge in [0.15, 0.2) is 5.16 Å². The summed E-state index contributed by atoms with van der Waals surface area (Å²) >= 11 is 1.25. The van der Waals surface area contributed by atoms with Crippen molar-refractivity contribution in [2.24, 2.45) is 0 Å². The van der Waals surface area contributed by atoms with Gasteiger partial charge in [0, 0.05) is 23.9 Å². The minimum atomic E-state index is -0.505. The smallest absolute Gasteiger partial charge is 0.271 e. The zero-order valence-corrected chi connectivity index (χ0v) is 14.7. The van der Waals surface area contributed by atoms with E-state index in [9.17, 15) is 14.9 Å². The molecule has 134 valence electrons. The molecule has 0 unspecified atom stereocenters. The molecule has 1 heterocycles. The van der Waals surface area contributed by atoms with E-state index in [1.54, 1.807) is 6.07 Å². The number of hydrogen-bond acceptors (Lipinski definition) is 6. The standard InChI is InChI=1S/C17H16N4O4S/c1-2-25-13-6-7-14-15(9-13)20-17(19-14)26-10-16(22)18-11-4-3-5-12(8-11)21(23)24/h3-9H,2,10H2,1H3,(H,18,22)(H,19,20). The van der Waals surface area contributed by atoms with Crippen LogP contribution in [0, 0.1) is 10.1 Å². The minimum Gasteiger partial charge on any atom is -0.494 e. The Morgan fingerprint density at radius 3 is 2.96 bits per heavy atom. The first-order valence-corrected chi connectivity index (χ1v) is 8.83. The van der Waals surface area contributed by atoms with Gasteiger partial charge >= 0.3 is 0 Å². The first-order valence-electron chi connectivity index (χ1n) is 7.85. The number of benzene rings is 2. The average Bonchev–Trinajstić information content (AvgIpc) is 3.03. The third kappa shape index (κ3) is 4.31. The summed E-state index contributed by atoms with van der Waals surface area (Å²) in [6.45, 7) is 2.50. The fraction of sp³-hybridized carbons (Fsp3) is 0.176. The van der Waals surface area contributed by atoms with E-state index in [4.69, 9.17) is 4.74 Å². The highest BCUT2D eigenvalue weighted by Crippen LogP contribution is 2.24. The number of anilines is 1. The van der Waals surface area contributed by atoms with Crippen molar-refractivity contribution in [1.29, 1.82) is 0 Å². The van der Waals surface area contributed by atoms with Crippen LogP contribution in [0.15, 0.2) is 47.6 Å². The highest BCUT2D eigenvalue weighted by atomic mass is 32.2. The van der Waals surface area contributed by atoms with Crippen LogP contribution in [0.25, 0.3) is 11.0 Å². The van der Waals surface area contributed by atoms with Crippen LogP contribution in [-0.2, 0) is 4.79 Å². The molecule has 26 heavy (non-hydrogen) atoms. The number of fused-ring (bicyclic) bond motifs is 1. The van der Waals surface area contributed by atoms with E-state index in [0.29, 0.717) is 17.5 Å². The molecule has 0 saturated heterocycles. The SMILES string of the molecule is CCOc1ccc2nc(SCC(=O)Nc3cccc([N+](=O)[O-])c3)[nH]c2c1. The molecule has 0 radical (unpaired) electrons. The van der Waals surface area contributed by atoms with Crippen LogP contribution in [0.5, 0.6) is 5.75 Å². The fourth-order valence-corrected chi connectivity index (χ4v) is 3.00. The number of H-pyrrole nitrogens is 1. The van der Waals surface area contributed by atoms with Gasteiger partial charge in [-0.2, -0.15) is 0 Å². The van der Waals surface area contributed by atoms with Crippen LogP contribution in [-0.4, -0.2) is 33.2 Å². The number of imidazole rings is 1. The van der Waals surface area contributed by atoms with Gasteiger partial charge in [0.25, 0.3) is 5.69 Å². The summed E-state index contributed by atoms with van der Waals surface area (Å²) in [5.74, 6) is 0.607. The summed E-state index contributed by atoms with van der Waals surface area (Å²) in [6.07, 6.45) is 0. The van der Waals surface area contributed by atoms with Gasteiger partial charge in [-0.25, -0.2) is 4.98 Å². The van der Waals surface area contributed by atoms with Crippen LogP contribution in [0.1, 0.15) is 6.92 Å². The Labute approximate surface area is 153 Å². The Kier molecular flexibility index (Phi) is 5.37. The number of rotatable bonds is 7. The molecule has 0 saturated carbocycles. The third-order valence-electron chi connectivity index (χ3n) is 3.42. The fourth-order valence-electron chi connectivity index (χ4n) is 2.32. The van der Waals surface area contributed by atoms with E-state index in [-0.39, 0.29) is 17.3 Å². The molecule has 0 bridgehead atoms. The van der Waals surface area contributed by atoms with E-state index < -0.39 is 4.92 Å². The van der Waals surface area contributed by atoms with Crippen molar-refractivity contribution in [3.63, 3.8) is 0 Å². The van der Waals surface area contributed by atoms with E-state index in [1.165, 1.54) is 30.0 Å². The van der Waals surface area contributed by atoms with Crippen molar-refractivity contribution < 1.29 is 14.5 Å². The highest BCUT2D eigenvalue weighted by Gasteiger charge is 2.10. The van der Waals surface area contributed by atoms with Gasteiger partial charge in [-0.15, -0.1) is 0 Å². The molecule has 3 rings (SSSR count). The molecule has 1 amide bonds. The molecular formula is C17H16N4O4S. The van der Waals surface area contributed by atoms with Gasteiger partial charge in [0.05, 0.1) is 28.3 Å². The number of nitrogens with one attached hydrogen (secondary N) is 2. The molecule has 0 aliphatic heterocycles. The predicted molar refractivity (Wildman–Crippen MR) is 99.7 cm³/mol. The summed E-state index contributed by atoms with van der Waals surface area (Å²) in [4.78, 5) is 29.9. The number of carbonyl (C=O) groups excluding carboxylic acids is 1. The molecule has 0 fully saturated rings. The number of ether oxygens (including phenoxy) is 1. The molecule has 0 atom stereocenters. The molecule has 3 aromatic rings. The van der Waals surface area contributed by atoms with E-state index >= 15 is 0 Å². The van der Waals surface area contributed by atoms with E-state index in [2.05, 4.69) is 15.3 Å². The quantitative estimate of drug-likeness (QED) is 0.372. The lowest BCUT2D eigenvalue weighted by molar-refractivity contribution is -0.384. The predicted octanol–water partition coefficient (Wildman–Crippen LogP) is 3.60.